The van der Waals surface area contributed by atoms with E-state index < -0.39 is 18.0 Å². The molecule has 0 aromatic heterocycles. The lowest BCUT2D eigenvalue weighted by atomic mass is 9.92. The van der Waals surface area contributed by atoms with Gasteiger partial charge in [0.1, 0.15) is 5.60 Å². The minimum Gasteiger partial charge on any atom is -0.444 e. The lowest BCUT2D eigenvalue weighted by Gasteiger charge is -2.19. The Balaban J connectivity index is 1.87. The van der Waals surface area contributed by atoms with Crippen molar-refractivity contribution in [3.05, 3.63) is 29.8 Å². The van der Waals surface area contributed by atoms with Gasteiger partial charge in [0, 0.05) is 5.69 Å². The number of amides is 1. The molecule has 0 radical (unpaired) electrons. The number of nitrogens with zero attached hydrogens (tertiary/aromatic N) is 1. The number of nitrogens with one attached hydrogen (secondary N) is 1. The van der Waals surface area contributed by atoms with Crippen LogP contribution in [0.3, 0.4) is 0 Å². The Morgan fingerprint density at radius 3 is 2.33 bits per heavy atom. The molecule has 0 fully saturated rings. The topological polar surface area (TPSA) is 86.2 Å². The maximum atomic E-state index is 11.9. The molecule has 1 atom stereocenters. The van der Waals surface area contributed by atoms with Crippen LogP contribution in [0.5, 0.6) is 0 Å². The Bertz CT molecular complexity index is 711. The monoisotopic (exact) mass is 376 g/mol. The van der Waals surface area contributed by atoms with Gasteiger partial charge in [-0.15, -0.1) is 0 Å². The van der Waals surface area contributed by atoms with Gasteiger partial charge in [-0.1, -0.05) is 38.1 Å². The summed E-state index contributed by atoms with van der Waals surface area (Å²) in [6, 6.07) is 7.13. The Labute approximate surface area is 160 Å². The number of hydrogen-bond acceptors (Lipinski definition) is 6. The van der Waals surface area contributed by atoms with Crippen molar-refractivity contribution in [2.75, 3.05) is 5.32 Å². The molecule has 1 aliphatic rings. The van der Waals surface area contributed by atoms with Gasteiger partial charge in [0.2, 0.25) is 0 Å². The van der Waals surface area contributed by atoms with Crippen molar-refractivity contribution in [3.8, 4) is 0 Å². The van der Waals surface area contributed by atoms with E-state index in [1.807, 2.05) is 32.9 Å². The summed E-state index contributed by atoms with van der Waals surface area (Å²) in [5, 5.41) is 6.67. The molecule has 1 aromatic carbocycles. The molecule has 1 heterocycles. The van der Waals surface area contributed by atoms with Gasteiger partial charge in [0.25, 0.3) is 6.29 Å². The number of oxime groups is 1. The highest BCUT2D eigenvalue weighted by Gasteiger charge is 2.27. The van der Waals surface area contributed by atoms with E-state index in [9.17, 15) is 9.59 Å². The number of carbonyl (C=O) groups is 2. The maximum absolute atomic E-state index is 11.9. The first kappa shape index (κ1) is 20.7. The van der Waals surface area contributed by atoms with Crippen molar-refractivity contribution in [2.45, 2.75) is 66.3 Å². The van der Waals surface area contributed by atoms with Crippen molar-refractivity contribution >= 4 is 23.5 Å². The number of rotatable bonds is 4. The summed E-state index contributed by atoms with van der Waals surface area (Å²) in [5.74, 6) is -0.305. The largest absolute Gasteiger partial charge is 0.444 e. The molecule has 1 unspecified atom stereocenters. The van der Waals surface area contributed by atoms with Crippen LogP contribution in [0, 0.1) is 5.41 Å². The van der Waals surface area contributed by atoms with Crippen LogP contribution < -0.4 is 5.32 Å². The quantitative estimate of drug-likeness (QED) is 0.784. The maximum Gasteiger partial charge on any atom is 0.412 e. The van der Waals surface area contributed by atoms with Gasteiger partial charge >= 0.3 is 12.1 Å². The smallest absolute Gasteiger partial charge is 0.412 e. The molecule has 1 aromatic rings. The highest BCUT2D eigenvalue weighted by molar-refractivity contribution is 6.01. The number of anilines is 1. The number of ether oxygens (including phenoxy) is 2. The van der Waals surface area contributed by atoms with Crippen LogP contribution in [0.4, 0.5) is 10.5 Å². The average Bonchev–Trinajstić information content (AvgIpc) is 2.92. The van der Waals surface area contributed by atoms with Crippen molar-refractivity contribution < 1.29 is 23.9 Å². The van der Waals surface area contributed by atoms with Gasteiger partial charge in [-0.05, 0) is 43.9 Å². The first-order chi connectivity index (χ1) is 12.4. The summed E-state index contributed by atoms with van der Waals surface area (Å²) in [6.07, 6.45) is -0.515. The molecular weight excluding hydrogens is 348 g/mol. The normalized spacial score (nSPS) is 17.0. The molecule has 1 aliphatic heterocycles. The van der Waals surface area contributed by atoms with Crippen molar-refractivity contribution in [2.24, 2.45) is 10.6 Å². The van der Waals surface area contributed by atoms with Crippen LogP contribution in [-0.4, -0.2) is 29.7 Å². The van der Waals surface area contributed by atoms with E-state index in [1.165, 1.54) is 0 Å². The molecule has 2 rings (SSSR count). The van der Waals surface area contributed by atoms with Gasteiger partial charge in [-0.2, -0.15) is 0 Å². The molecule has 1 N–H and O–H groups in total. The Hall–Kier alpha value is -2.57. The molecule has 7 heteroatoms. The zero-order valence-corrected chi connectivity index (χ0v) is 16.8. The van der Waals surface area contributed by atoms with Gasteiger partial charge in [0.05, 0.1) is 18.6 Å². The van der Waals surface area contributed by atoms with Crippen LogP contribution in [0.2, 0.25) is 0 Å². The van der Waals surface area contributed by atoms with Crippen LogP contribution >= 0.6 is 0 Å². The fraction of sp³-hybridized carbons (Fsp3) is 0.550. The highest BCUT2D eigenvalue weighted by atomic mass is 16.8. The number of hydrogen-bond donors (Lipinski definition) is 1. The first-order valence-electron chi connectivity index (χ1n) is 8.94. The first-order valence-corrected chi connectivity index (χ1v) is 8.94. The van der Waals surface area contributed by atoms with E-state index in [2.05, 4.69) is 10.5 Å². The molecule has 27 heavy (non-hydrogen) atoms. The number of benzene rings is 1. The SMILES string of the molecule is CC(C)(C)CC(=O)OC1CC(c2ccc(NC(=O)OC(C)(C)C)cc2)=NO1. The molecule has 0 bridgehead atoms. The summed E-state index contributed by atoms with van der Waals surface area (Å²) in [6.45, 7) is 11.3. The fourth-order valence-corrected chi connectivity index (χ4v) is 2.38. The lowest BCUT2D eigenvalue weighted by Crippen LogP contribution is -2.27. The summed E-state index contributed by atoms with van der Waals surface area (Å²) in [7, 11) is 0. The van der Waals surface area contributed by atoms with Crippen molar-refractivity contribution in [1.82, 2.24) is 0 Å². The predicted octanol–water partition coefficient (Wildman–Crippen LogP) is 4.46. The van der Waals surface area contributed by atoms with Crippen LogP contribution in [0.1, 0.15) is 59.9 Å². The summed E-state index contributed by atoms with van der Waals surface area (Å²) >= 11 is 0. The Kier molecular flexibility index (Phi) is 6.13. The van der Waals surface area contributed by atoms with Crippen molar-refractivity contribution in [3.63, 3.8) is 0 Å². The molecule has 0 spiro atoms. The van der Waals surface area contributed by atoms with E-state index in [1.54, 1.807) is 32.9 Å². The molecule has 148 valence electrons. The third-order valence-corrected chi connectivity index (χ3v) is 3.44. The van der Waals surface area contributed by atoms with Crippen LogP contribution in [-0.2, 0) is 19.1 Å². The second-order valence-corrected chi connectivity index (χ2v) is 8.71. The number of esters is 1. The van der Waals surface area contributed by atoms with Crippen LogP contribution in [0.15, 0.2) is 29.4 Å². The van der Waals surface area contributed by atoms with Crippen LogP contribution in [0.25, 0.3) is 0 Å². The zero-order chi connectivity index (χ0) is 20.2. The predicted molar refractivity (Wildman–Crippen MR) is 102 cm³/mol. The van der Waals surface area contributed by atoms with E-state index in [4.69, 9.17) is 14.3 Å². The fourth-order valence-electron chi connectivity index (χ4n) is 2.38. The summed E-state index contributed by atoms with van der Waals surface area (Å²) in [5.41, 5.74) is 1.43. The van der Waals surface area contributed by atoms with Gasteiger partial charge in [-0.3, -0.25) is 10.1 Å². The molecule has 1 amide bonds. The van der Waals surface area contributed by atoms with E-state index in [-0.39, 0.29) is 11.4 Å². The van der Waals surface area contributed by atoms with Gasteiger partial charge in [0.15, 0.2) is 0 Å². The zero-order valence-electron chi connectivity index (χ0n) is 16.8. The van der Waals surface area contributed by atoms with Gasteiger partial charge < -0.3 is 14.3 Å². The minimum absolute atomic E-state index is 0.143. The van der Waals surface area contributed by atoms with E-state index in [0.717, 1.165) is 5.56 Å². The van der Waals surface area contributed by atoms with E-state index in [0.29, 0.717) is 24.2 Å². The van der Waals surface area contributed by atoms with Crippen molar-refractivity contribution in [1.29, 1.82) is 0 Å². The second kappa shape index (κ2) is 7.98. The second-order valence-electron chi connectivity index (χ2n) is 8.71. The standard InChI is InChI=1S/C20H28N2O5/c1-19(2,3)12-16(23)25-17-11-15(22-27-17)13-7-9-14(10-8-13)21-18(24)26-20(4,5)6/h7-10,17H,11-12H2,1-6H3,(H,21,24). The molecule has 0 saturated heterocycles. The summed E-state index contributed by atoms with van der Waals surface area (Å²) in [4.78, 5) is 28.9. The average molecular weight is 376 g/mol. The third kappa shape index (κ3) is 7.29. The molecule has 0 aliphatic carbocycles. The molecule has 7 nitrogen and oxygen atoms in total. The summed E-state index contributed by atoms with van der Waals surface area (Å²) < 4.78 is 10.5. The van der Waals surface area contributed by atoms with E-state index >= 15 is 0 Å². The third-order valence-electron chi connectivity index (χ3n) is 3.44. The minimum atomic E-state index is -0.700. The molecule has 0 saturated carbocycles. The highest BCUT2D eigenvalue weighted by Crippen LogP contribution is 2.23. The molecular formula is C20H28N2O5. The lowest BCUT2D eigenvalue weighted by molar-refractivity contribution is -0.175. The van der Waals surface area contributed by atoms with Gasteiger partial charge in [-0.25, -0.2) is 4.79 Å². The Morgan fingerprint density at radius 2 is 1.78 bits per heavy atom. The number of carbonyl (C=O) groups excluding carboxylic acids is 2. The Morgan fingerprint density at radius 1 is 1.15 bits per heavy atom.